The van der Waals surface area contributed by atoms with E-state index in [-0.39, 0.29) is 5.57 Å². The molecule has 0 radical (unpaired) electrons. The van der Waals surface area contributed by atoms with E-state index in [1.54, 1.807) is 0 Å². The van der Waals surface area contributed by atoms with Gasteiger partial charge in [-0.1, -0.05) is 6.58 Å². The van der Waals surface area contributed by atoms with Gasteiger partial charge in [-0.15, -0.1) is 0 Å². The summed E-state index contributed by atoms with van der Waals surface area (Å²) < 4.78 is 259. The first-order valence-corrected chi connectivity index (χ1v) is 9.98. The molecule has 0 aliphatic carbocycles. The smallest absolute Gasteiger partial charge is 0.457 e. The first-order chi connectivity index (χ1) is 18.1. The average Bonchev–Trinajstić information content (AvgIpc) is 2.79. The predicted molar refractivity (Wildman–Crippen MR) is 95.3 cm³/mol. The summed E-state index contributed by atoms with van der Waals surface area (Å²) in [6.45, 7) is 0.818. The van der Waals surface area contributed by atoms with Crippen LogP contribution in [0.1, 0.15) is 13.8 Å². The van der Waals surface area contributed by atoms with Crippen LogP contribution in [0, 0.1) is 0 Å². The van der Waals surface area contributed by atoms with Crippen molar-refractivity contribution in [1.29, 1.82) is 0 Å². The normalized spacial score (nSPS) is 15.6. The molecular weight excluding hydrogens is 655 g/mol. The molecule has 0 bridgehead atoms. The van der Waals surface area contributed by atoms with Crippen LogP contribution in [0.4, 0.5) is 88.2 Å². The molecule has 0 aromatic rings. The zero-order chi connectivity index (χ0) is 34.3. The number of rotatable bonds is 13. The minimum Gasteiger partial charge on any atom is -0.457 e. The predicted octanol–water partition coefficient (Wildman–Crippen LogP) is 6.87. The van der Waals surface area contributed by atoms with Crippen LogP contribution in [0.25, 0.3) is 0 Å². The van der Waals surface area contributed by atoms with Crippen molar-refractivity contribution < 1.29 is 102 Å². The molecule has 1 unspecified atom stereocenters. The Morgan fingerprint density at radius 1 is 0.643 bits per heavy atom. The summed E-state index contributed by atoms with van der Waals surface area (Å²) in [6, 6.07) is 0. The Balaban J connectivity index is 6.18. The second-order valence-corrected chi connectivity index (χ2v) is 8.18. The fourth-order valence-corrected chi connectivity index (χ4v) is 2.24. The van der Waals surface area contributed by atoms with E-state index < -0.39 is 84.9 Å². The molecule has 24 heteroatoms. The number of amides is 1. The van der Waals surface area contributed by atoms with E-state index in [9.17, 15) is 93.0 Å². The van der Waals surface area contributed by atoms with Crippen molar-refractivity contribution in [2.75, 3.05) is 13.2 Å². The fraction of sp³-hybridized carbons (Fsp3) is 0.778. The van der Waals surface area contributed by atoms with E-state index in [1.165, 1.54) is 5.32 Å². The van der Waals surface area contributed by atoms with Crippen molar-refractivity contribution in [2.45, 2.75) is 73.5 Å². The molecule has 1 atom stereocenters. The van der Waals surface area contributed by atoms with Gasteiger partial charge < -0.3 is 14.8 Å². The lowest BCUT2D eigenvalue weighted by Gasteiger charge is -2.43. The number of halogens is 19. The molecule has 0 spiro atoms. The number of carbonyl (C=O) groups is 2. The lowest BCUT2D eigenvalue weighted by atomic mass is 9.87. The van der Waals surface area contributed by atoms with Crippen molar-refractivity contribution >= 4 is 12.1 Å². The molecular formula is C18H14F19NO4. The summed E-state index contributed by atoms with van der Waals surface area (Å²) in [6.07, 6.45) is -11.7. The minimum absolute atomic E-state index is 0.217. The third-order valence-electron chi connectivity index (χ3n) is 4.76. The molecule has 1 amide bonds. The van der Waals surface area contributed by atoms with Gasteiger partial charge in [0.1, 0.15) is 6.10 Å². The van der Waals surface area contributed by atoms with Gasteiger partial charge in [0.05, 0.1) is 6.54 Å². The Labute approximate surface area is 219 Å². The highest BCUT2D eigenvalue weighted by Gasteiger charge is 2.96. The highest BCUT2D eigenvalue weighted by atomic mass is 19.4. The first kappa shape index (κ1) is 39.1. The van der Waals surface area contributed by atoms with Crippen LogP contribution in [0.5, 0.6) is 0 Å². The number of esters is 1. The molecule has 5 nitrogen and oxygen atoms in total. The maximum absolute atomic E-state index is 13.7. The number of hydrogen-bond donors (Lipinski definition) is 1. The standard InChI is InChI=1S/C18H14F19NO4/c1-6(2)8(39)42-7(3)4-38-9(40)41-5-10(19,20)11(21,22)12(23,24)13(25,26)14(27,28)15(29,30)16(31,32)17(33,34)18(35,36)37/h7H,1,4-5H2,2-3H3,(H,38,40). The second-order valence-electron chi connectivity index (χ2n) is 8.18. The zero-order valence-electron chi connectivity index (χ0n) is 20.0. The summed E-state index contributed by atoms with van der Waals surface area (Å²) >= 11 is 0. The van der Waals surface area contributed by atoms with Crippen molar-refractivity contribution in [2.24, 2.45) is 0 Å². The molecule has 0 fully saturated rings. The Kier molecular flexibility index (Phi) is 10.6. The zero-order valence-corrected chi connectivity index (χ0v) is 20.0. The summed E-state index contributed by atoms with van der Waals surface area (Å²) in [4.78, 5) is 22.5. The Hall–Kier alpha value is -2.85. The Morgan fingerprint density at radius 2 is 0.976 bits per heavy atom. The van der Waals surface area contributed by atoms with E-state index in [4.69, 9.17) is 0 Å². The molecule has 0 aromatic heterocycles. The number of alkyl halides is 19. The molecule has 1 N–H and O–H groups in total. The summed E-state index contributed by atoms with van der Waals surface area (Å²) in [5, 5.41) is 1.36. The minimum atomic E-state index is -9.04. The van der Waals surface area contributed by atoms with Gasteiger partial charge in [-0.2, -0.15) is 83.4 Å². The van der Waals surface area contributed by atoms with Gasteiger partial charge in [0.2, 0.25) is 0 Å². The van der Waals surface area contributed by atoms with E-state index >= 15 is 0 Å². The SMILES string of the molecule is C=C(C)C(=O)OC(C)CNC(=O)OCC(F)(F)C(F)(F)C(F)(F)C(F)(F)C(F)(F)C(F)(F)C(F)(F)C(F)(F)C(F)(F)F. The lowest BCUT2D eigenvalue weighted by molar-refractivity contribution is -0.469. The fourth-order valence-electron chi connectivity index (χ4n) is 2.24. The van der Waals surface area contributed by atoms with E-state index in [2.05, 4.69) is 16.1 Å². The van der Waals surface area contributed by atoms with Crippen molar-refractivity contribution in [3.05, 3.63) is 12.2 Å². The molecule has 0 saturated carbocycles. The largest absolute Gasteiger partial charge is 0.460 e. The van der Waals surface area contributed by atoms with Crippen molar-refractivity contribution in [3.8, 4) is 0 Å². The van der Waals surface area contributed by atoms with Crippen LogP contribution in [0.2, 0.25) is 0 Å². The number of hydrogen-bond acceptors (Lipinski definition) is 4. The molecule has 0 saturated heterocycles. The number of alkyl carbamates (subject to hydrolysis) is 1. The van der Waals surface area contributed by atoms with Gasteiger partial charge in [-0.05, 0) is 13.8 Å². The van der Waals surface area contributed by atoms with Crippen LogP contribution in [-0.4, -0.2) is 84.9 Å². The van der Waals surface area contributed by atoms with Crippen molar-refractivity contribution in [1.82, 2.24) is 5.32 Å². The van der Waals surface area contributed by atoms with Gasteiger partial charge >= 0.3 is 65.6 Å². The van der Waals surface area contributed by atoms with Gasteiger partial charge in [-0.25, -0.2) is 9.59 Å². The third-order valence-corrected chi connectivity index (χ3v) is 4.76. The maximum atomic E-state index is 13.7. The molecule has 0 aliphatic rings. The van der Waals surface area contributed by atoms with Crippen LogP contribution < -0.4 is 5.32 Å². The number of nitrogens with one attached hydrogen (secondary N) is 1. The third kappa shape index (κ3) is 6.25. The van der Waals surface area contributed by atoms with Crippen LogP contribution in [0.3, 0.4) is 0 Å². The van der Waals surface area contributed by atoms with Crippen LogP contribution in [-0.2, 0) is 14.3 Å². The molecule has 0 rings (SSSR count). The second kappa shape index (κ2) is 11.3. The monoisotopic (exact) mass is 669 g/mol. The molecule has 42 heavy (non-hydrogen) atoms. The van der Waals surface area contributed by atoms with E-state index in [1.807, 2.05) is 0 Å². The Bertz CT molecular complexity index is 1020. The van der Waals surface area contributed by atoms with Gasteiger partial charge in [0, 0.05) is 5.57 Å². The highest BCUT2D eigenvalue weighted by molar-refractivity contribution is 5.87. The molecule has 0 aliphatic heterocycles. The van der Waals surface area contributed by atoms with Crippen LogP contribution >= 0.6 is 0 Å². The maximum Gasteiger partial charge on any atom is 0.460 e. The average molecular weight is 669 g/mol. The van der Waals surface area contributed by atoms with Crippen molar-refractivity contribution in [3.63, 3.8) is 0 Å². The van der Waals surface area contributed by atoms with Gasteiger partial charge in [0.15, 0.2) is 6.61 Å². The summed E-state index contributed by atoms with van der Waals surface area (Å²) in [7, 11) is 0. The quantitative estimate of drug-likeness (QED) is 0.132. The Morgan fingerprint density at radius 3 is 1.31 bits per heavy atom. The highest BCUT2D eigenvalue weighted by Crippen LogP contribution is 2.65. The topological polar surface area (TPSA) is 64.6 Å². The number of ether oxygens (including phenoxy) is 2. The molecule has 248 valence electrons. The number of carbonyl (C=O) groups excluding carboxylic acids is 2. The van der Waals surface area contributed by atoms with Gasteiger partial charge in [0.25, 0.3) is 0 Å². The molecule has 0 heterocycles. The van der Waals surface area contributed by atoms with E-state index in [0.29, 0.717) is 0 Å². The van der Waals surface area contributed by atoms with E-state index in [0.717, 1.165) is 13.8 Å². The summed E-state index contributed by atoms with van der Waals surface area (Å²) in [5.74, 6) is -69.1. The molecule has 0 aromatic carbocycles. The first-order valence-electron chi connectivity index (χ1n) is 9.98. The van der Waals surface area contributed by atoms with Crippen LogP contribution in [0.15, 0.2) is 12.2 Å². The van der Waals surface area contributed by atoms with Gasteiger partial charge in [-0.3, -0.25) is 0 Å². The lowest BCUT2D eigenvalue weighted by Crippen LogP contribution is -2.76. The summed E-state index contributed by atoms with van der Waals surface area (Å²) in [5.41, 5.74) is -0.217.